The molecule has 0 fully saturated rings. The van der Waals surface area contributed by atoms with Crippen LogP contribution in [-0.2, 0) is 24.1 Å². The lowest BCUT2D eigenvalue weighted by atomic mass is 9.98. The summed E-state index contributed by atoms with van der Waals surface area (Å²) in [5.74, 6) is 0. The Morgan fingerprint density at radius 1 is 1.33 bits per heavy atom. The lowest BCUT2D eigenvalue weighted by Crippen LogP contribution is -1.97. The van der Waals surface area contributed by atoms with Crippen molar-refractivity contribution in [2.75, 3.05) is 0 Å². The minimum absolute atomic E-state index is 1.16. The van der Waals surface area contributed by atoms with Crippen LogP contribution in [0.4, 0.5) is 0 Å². The molecular formula is C11H18NO2S-. The van der Waals surface area contributed by atoms with Crippen LogP contribution < -0.4 is 5.14 Å². The van der Waals surface area contributed by atoms with Crippen molar-refractivity contribution in [3.8, 4) is 0 Å². The Morgan fingerprint density at radius 3 is 2.20 bits per heavy atom. The van der Waals surface area contributed by atoms with Gasteiger partial charge in [-0.3, -0.25) is 9.35 Å². The fourth-order valence-electron chi connectivity index (χ4n) is 1.60. The van der Waals surface area contributed by atoms with Crippen molar-refractivity contribution in [2.45, 2.75) is 33.6 Å². The summed E-state index contributed by atoms with van der Waals surface area (Å²) in [6.07, 6.45) is 2.32. The lowest BCUT2D eigenvalue weighted by Gasteiger charge is -2.07. The van der Waals surface area contributed by atoms with Crippen LogP contribution in [0.5, 0.6) is 0 Å². The van der Waals surface area contributed by atoms with Crippen LogP contribution in [0.15, 0.2) is 18.2 Å². The summed E-state index contributed by atoms with van der Waals surface area (Å²) in [4.78, 5) is 0. The van der Waals surface area contributed by atoms with Gasteiger partial charge in [0.1, 0.15) is 0 Å². The van der Waals surface area contributed by atoms with Crippen molar-refractivity contribution >= 4 is 11.3 Å². The van der Waals surface area contributed by atoms with Crippen molar-refractivity contribution in [2.24, 2.45) is 5.14 Å². The van der Waals surface area contributed by atoms with Crippen molar-refractivity contribution in [3.63, 3.8) is 0 Å². The number of nitrogens with two attached hydrogens (primary N) is 1. The minimum atomic E-state index is -2.36. The molecule has 0 bridgehead atoms. The molecule has 0 aliphatic carbocycles. The molecule has 1 aromatic carbocycles. The Kier molecular flexibility index (Phi) is 7.21. The van der Waals surface area contributed by atoms with E-state index in [1.165, 1.54) is 16.7 Å². The summed E-state index contributed by atoms with van der Waals surface area (Å²) in [5.41, 5.74) is 4.48. The first-order valence-corrected chi connectivity index (χ1v) is 6.07. The van der Waals surface area contributed by atoms with E-state index >= 15 is 0 Å². The molecule has 0 aliphatic rings. The predicted molar refractivity (Wildman–Crippen MR) is 63.0 cm³/mol. The smallest absolute Gasteiger partial charge is 0.0152 e. The van der Waals surface area contributed by atoms with Gasteiger partial charge in [0.2, 0.25) is 0 Å². The van der Waals surface area contributed by atoms with Crippen LogP contribution in [0.2, 0.25) is 0 Å². The monoisotopic (exact) mass is 228 g/mol. The Hall–Kier alpha value is -0.710. The molecule has 0 aromatic heterocycles. The van der Waals surface area contributed by atoms with Crippen LogP contribution in [0.3, 0.4) is 0 Å². The van der Waals surface area contributed by atoms with E-state index in [2.05, 4.69) is 44.1 Å². The van der Waals surface area contributed by atoms with Crippen LogP contribution in [-0.4, -0.2) is 8.76 Å². The molecule has 4 heteroatoms. The number of benzene rings is 1. The Bertz CT molecular complexity index is 322. The molecule has 86 valence electrons. The first-order valence-electron chi connectivity index (χ1n) is 4.93. The van der Waals surface area contributed by atoms with E-state index in [0.717, 1.165) is 12.8 Å². The highest BCUT2D eigenvalue weighted by Crippen LogP contribution is 2.14. The maximum Gasteiger partial charge on any atom is 0.0152 e. The second kappa shape index (κ2) is 7.56. The largest absolute Gasteiger partial charge is 0.760 e. The number of rotatable bonds is 2. The Labute approximate surface area is 94.1 Å². The lowest BCUT2D eigenvalue weighted by molar-refractivity contribution is 0.539. The zero-order chi connectivity index (χ0) is 11.8. The summed E-state index contributed by atoms with van der Waals surface area (Å²) in [6, 6.07) is 6.57. The molecule has 1 rings (SSSR count). The van der Waals surface area contributed by atoms with Gasteiger partial charge in [0.05, 0.1) is 0 Å². The quantitative estimate of drug-likeness (QED) is 0.785. The molecule has 0 heterocycles. The van der Waals surface area contributed by atoms with Crippen LogP contribution >= 0.6 is 0 Å². The fraction of sp³-hybridized carbons (Fsp3) is 0.455. The van der Waals surface area contributed by atoms with Crippen molar-refractivity contribution in [1.82, 2.24) is 0 Å². The van der Waals surface area contributed by atoms with Gasteiger partial charge in [0.15, 0.2) is 0 Å². The molecule has 3 nitrogen and oxygen atoms in total. The highest BCUT2D eigenvalue weighted by molar-refractivity contribution is 7.76. The normalized spacial score (nSPS) is 11.5. The average molecular weight is 228 g/mol. The summed E-state index contributed by atoms with van der Waals surface area (Å²) in [7, 11) is 0. The van der Waals surface area contributed by atoms with Gasteiger partial charge in [-0.25, -0.2) is 0 Å². The molecule has 1 atom stereocenters. The van der Waals surface area contributed by atoms with Crippen molar-refractivity contribution in [3.05, 3.63) is 34.9 Å². The SMILES string of the molecule is CCc1cccc(C)c1CC.NS(=O)[O-]. The second-order valence-electron chi connectivity index (χ2n) is 3.18. The van der Waals surface area contributed by atoms with E-state index in [-0.39, 0.29) is 0 Å². The second-order valence-corrected chi connectivity index (χ2v) is 3.70. The predicted octanol–water partition coefficient (Wildman–Crippen LogP) is 1.86. The average Bonchev–Trinajstić information content (AvgIpc) is 2.16. The third-order valence-electron chi connectivity index (χ3n) is 2.24. The highest BCUT2D eigenvalue weighted by atomic mass is 32.2. The van der Waals surface area contributed by atoms with Crippen molar-refractivity contribution in [1.29, 1.82) is 0 Å². The number of aryl methyl sites for hydroxylation is 2. The third-order valence-corrected chi connectivity index (χ3v) is 2.24. The third kappa shape index (κ3) is 5.67. The molecule has 0 saturated carbocycles. The first-order chi connectivity index (χ1) is 7.02. The molecule has 0 amide bonds. The van der Waals surface area contributed by atoms with Gasteiger partial charge in [-0.15, -0.1) is 0 Å². The van der Waals surface area contributed by atoms with Crippen LogP contribution in [0.1, 0.15) is 30.5 Å². The Balaban J connectivity index is 0.000000423. The molecule has 1 aromatic rings. The number of hydrogen-bond donors (Lipinski definition) is 1. The van der Waals surface area contributed by atoms with E-state index in [0.29, 0.717) is 0 Å². The van der Waals surface area contributed by atoms with Gasteiger partial charge < -0.3 is 4.55 Å². The van der Waals surface area contributed by atoms with Crippen LogP contribution in [0.25, 0.3) is 0 Å². The molecule has 0 saturated heterocycles. The standard InChI is InChI=1S/C11H16.H3NO2S/c1-4-10-8-6-7-9(3)11(10)5-2;1-4(2)3/h6-8H,4-5H2,1-3H3;1H2,(H,2,3)/p-1. The molecule has 0 radical (unpaired) electrons. The maximum absolute atomic E-state index is 8.78. The van der Waals surface area contributed by atoms with Gasteiger partial charge in [-0.2, -0.15) is 0 Å². The molecule has 15 heavy (non-hydrogen) atoms. The molecular weight excluding hydrogens is 210 g/mol. The van der Waals surface area contributed by atoms with Crippen LogP contribution in [0, 0.1) is 6.92 Å². The summed E-state index contributed by atoms with van der Waals surface area (Å²) >= 11 is -2.36. The number of hydrogen-bond acceptors (Lipinski definition) is 2. The topological polar surface area (TPSA) is 66.2 Å². The van der Waals surface area contributed by atoms with Crippen molar-refractivity contribution < 1.29 is 8.76 Å². The zero-order valence-corrected chi connectivity index (χ0v) is 10.3. The van der Waals surface area contributed by atoms with Gasteiger partial charge in [0, 0.05) is 11.3 Å². The van der Waals surface area contributed by atoms with Gasteiger partial charge in [-0.05, 0) is 36.5 Å². The molecule has 0 spiro atoms. The van der Waals surface area contributed by atoms with E-state index in [1.54, 1.807) is 0 Å². The molecule has 0 aliphatic heterocycles. The van der Waals surface area contributed by atoms with Gasteiger partial charge in [0.25, 0.3) is 0 Å². The highest BCUT2D eigenvalue weighted by Gasteiger charge is 1.99. The maximum atomic E-state index is 8.78. The van der Waals surface area contributed by atoms with E-state index in [9.17, 15) is 0 Å². The molecule has 1 unspecified atom stereocenters. The van der Waals surface area contributed by atoms with Gasteiger partial charge >= 0.3 is 0 Å². The summed E-state index contributed by atoms with van der Waals surface area (Å²) in [5, 5.41) is 4.03. The minimum Gasteiger partial charge on any atom is -0.760 e. The van der Waals surface area contributed by atoms with E-state index < -0.39 is 11.3 Å². The van der Waals surface area contributed by atoms with Gasteiger partial charge in [-0.1, -0.05) is 32.0 Å². The molecule has 2 N–H and O–H groups in total. The first kappa shape index (κ1) is 14.3. The Morgan fingerprint density at radius 2 is 1.87 bits per heavy atom. The summed E-state index contributed by atoms with van der Waals surface area (Å²) < 4.78 is 17.6. The van der Waals surface area contributed by atoms with E-state index in [1.807, 2.05) is 0 Å². The van der Waals surface area contributed by atoms with E-state index in [4.69, 9.17) is 8.76 Å². The summed E-state index contributed by atoms with van der Waals surface area (Å²) in [6.45, 7) is 6.63. The fourth-order valence-corrected chi connectivity index (χ4v) is 1.60. The zero-order valence-electron chi connectivity index (χ0n) is 9.45.